The fourth-order valence-electron chi connectivity index (χ4n) is 3.12. The molecule has 5 heteroatoms. The van der Waals surface area contributed by atoms with Gasteiger partial charge < -0.3 is 10.2 Å². The molecule has 2 aromatic carbocycles. The summed E-state index contributed by atoms with van der Waals surface area (Å²) in [6, 6.07) is 11.6. The Morgan fingerprint density at radius 2 is 1.92 bits per heavy atom. The number of nitrogens with zero attached hydrogens (tertiary/aromatic N) is 1. The van der Waals surface area contributed by atoms with E-state index in [-0.39, 0.29) is 24.1 Å². The Morgan fingerprint density at radius 1 is 1.16 bits per heavy atom. The van der Waals surface area contributed by atoms with E-state index < -0.39 is 0 Å². The minimum atomic E-state index is -0.315. The third-order valence-electron chi connectivity index (χ3n) is 4.36. The molecule has 1 aliphatic heterocycles. The van der Waals surface area contributed by atoms with Crippen molar-refractivity contribution >= 4 is 23.2 Å². The van der Waals surface area contributed by atoms with Gasteiger partial charge in [-0.3, -0.25) is 9.59 Å². The molecule has 130 valence electrons. The summed E-state index contributed by atoms with van der Waals surface area (Å²) in [5.41, 5.74) is 3.50. The average Bonchev–Trinajstić information content (AvgIpc) is 2.62. The molecule has 2 aromatic rings. The van der Waals surface area contributed by atoms with Gasteiger partial charge in [-0.1, -0.05) is 19.1 Å². The number of rotatable bonds is 4. The molecule has 0 atom stereocenters. The first-order chi connectivity index (χ1) is 12.1. The Bertz CT molecular complexity index is 787. The number of aryl methyl sites for hydroxylation is 1. The lowest BCUT2D eigenvalue weighted by atomic mass is 10.0. The van der Waals surface area contributed by atoms with Crippen LogP contribution >= 0.6 is 0 Å². The van der Waals surface area contributed by atoms with E-state index in [9.17, 15) is 14.0 Å². The van der Waals surface area contributed by atoms with Crippen molar-refractivity contribution in [3.63, 3.8) is 0 Å². The van der Waals surface area contributed by atoms with Crippen LogP contribution in [0.1, 0.15) is 30.9 Å². The van der Waals surface area contributed by atoms with Gasteiger partial charge >= 0.3 is 0 Å². The van der Waals surface area contributed by atoms with Crippen LogP contribution in [0.3, 0.4) is 0 Å². The smallest absolute Gasteiger partial charge is 0.228 e. The van der Waals surface area contributed by atoms with Gasteiger partial charge in [0.25, 0.3) is 0 Å². The lowest BCUT2D eigenvalue weighted by Gasteiger charge is -2.29. The number of fused-ring (bicyclic) bond motifs is 1. The highest BCUT2D eigenvalue weighted by molar-refractivity contribution is 5.96. The van der Waals surface area contributed by atoms with Gasteiger partial charge in [-0.15, -0.1) is 0 Å². The van der Waals surface area contributed by atoms with Crippen LogP contribution in [-0.2, 0) is 22.4 Å². The van der Waals surface area contributed by atoms with E-state index >= 15 is 0 Å². The van der Waals surface area contributed by atoms with Gasteiger partial charge in [-0.05, 0) is 54.3 Å². The van der Waals surface area contributed by atoms with Crippen molar-refractivity contribution in [1.82, 2.24) is 0 Å². The Balaban J connectivity index is 1.70. The molecule has 2 amide bonds. The Labute approximate surface area is 146 Å². The molecule has 0 bridgehead atoms. The number of carbonyl (C=O) groups excluding carboxylic acids is 2. The molecule has 3 rings (SSSR count). The molecular formula is C20H21FN2O2. The summed E-state index contributed by atoms with van der Waals surface area (Å²) in [5.74, 6) is -0.345. The van der Waals surface area contributed by atoms with Gasteiger partial charge in [0.05, 0.1) is 6.42 Å². The zero-order chi connectivity index (χ0) is 17.8. The second-order valence-electron chi connectivity index (χ2n) is 6.20. The maximum atomic E-state index is 12.9. The van der Waals surface area contributed by atoms with Crippen LogP contribution in [-0.4, -0.2) is 18.4 Å². The summed E-state index contributed by atoms with van der Waals surface area (Å²) in [6.45, 7) is 2.61. The van der Waals surface area contributed by atoms with E-state index in [0.29, 0.717) is 6.42 Å². The van der Waals surface area contributed by atoms with Gasteiger partial charge in [0.15, 0.2) is 0 Å². The third-order valence-corrected chi connectivity index (χ3v) is 4.36. The highest BCUT2D eigenvalue weighted by Crippen LogP contribution is 2.30. The molecule has 1 heterocycles. The van der Waals surface area contributed by atoms with Crippen molar-refractivity contribution in [2.24, 2.45) is 0 Å². The quantitative estimate of drug-likeness (QED) is 0.923. The third kappa shape index (κ3) is 4.05. The highest BCUT2D eigenvalue weighted by atomic mass is 19.1. The fraction of sp³-hybridized carbons (Fsp3) is 0.300. The lowest BCUT2D eigenvalue weighted by molar-refractivity contribution is -0.118. The molecule has 4 nitrogen and oxygen atoms in total. The number of hydrogen-bond donors (Lipinski definition) is 1. The van der Waals surface area contributed by atoms with Gasteiger partial charge in [0, 0.05) is 24.3 Å². The summed E-state index contributed by atoms with van der Waals surface area (Å²) < 4.78 is 12.9. The number of amides is 2. The van der Waals surface area contributed by atoms with E-state index in [1.165, 1.54) is 12.1 Å². The van der Waals surface area contributed by atoms with Crippen LogP contribution in [0.25, 0.3) is 0 Å². The molecule has 0 radical (unpaired) electrons. The topological polar surface area (TPSA) is 49.4 Å². The lowest BCUT2D eigenvalue weighted by Crippen LogP contribution is -2.34. The molecule has 0 unspecified atom stereocenters. The number of hydrogen-bond acceptors (Lipinski definition) is 2. The predicted octanol–water partition coefficient (Wildman–Crippen LogP) is 3.70. The van der Waals surface area contributed by atoms with Crippen LogP contribution in [0.5, 0.6) is 0 Å². The minimum Gasteiger partial charge on any atom is -0.326 e. The van der Waals surface area contributed by atoms with Crippen LogP contribution < -0.4 is 10.2 Å². The fourth-order valence-corrected chi connectivity index (χ4v) is 3.12. The minimum absolute atomic E-state index is 0.119. The zero-order valence-corrected chi connectivity index (χ0v) is 14.2. The van der Waals surface area contributed by atoms with Crippen molar-refractivity contribution in [3.05, 3.63) is 59.4 Å². The first-order valence-corrected chi connectivity index (χ1v) is 8.54. The molecular weight excluding hydrogens is 319 g/mol. The van der Waals surface area contributed by atoms with Crippen molar-refractivity contribution in [1.29, 1.82) is 0 Å². The molecule has 0 aliphatic carbocycles. The first-order valence-electron chi connectivity index (χ1n) is 8.54. The second kappa shape index (κ2) is 7.47. The molecule has 25 heavy (non-hydrogen) atoms. The number of anilines is 2. The van der Waals surface area contributed by atoms with Crippen LogP contribution in [0.2, 0.25) is 0 Å². The standard InChI is InChI=1S/C20H21FN2O2/c1-2-20(25)23-11-3-4-15-13-17(9-10-18(15)23)22-19(24)12-14-5-7-16(21)8-6-14/h5-10,13H,2-4,11-12H2,1H3,(H,22,24). The largest absolute Gasteiger partial charge is 0.326 e. The van der Waals surface area contributed by atoms with Crippen molar-refractivity contribution in [2.45, 2.75) is 32.6 Å². The molecule has 0 fully saturated rings. The Morgan fingerprint density at radius 3 is 2.64 bits per heavy atom. The molecule has 0 spiro atoms. The summed E-state index contributed by atoms with van der Waals surface area (Å²) in [7, 11) is 0. The number of benzene rings is 2. The average molecular weight is 340 g/mol. The second-order valence-corrected chi connectivity index (χ2v) is 6.20. The van der Waals surface area contributed by atoms with Crippen LogP contribution in [0, 0.1) is 5.82 Å². The van der Waals surface area contributed by atoms with E-state index in [1.54, 1.807) is 12.1 Å². The van der Waals surface area contributed by atoms with Gasteiger partial charge in [0.2, 0.25) is 11.8 Å². The summed E-state index contributed by atoms with van der Waals surface area (Å²) >= 11 is 0. The predicted molar refractivity (Wildman–Crippen MR) is 96.1 cm³/mol. The number of halogens is 1. The molecule has 1 N–H and O–H groups in total. The summed E-state index contributed by atoms with van der Waals surface area (Å²) in [6.07, 6.45) is 2.49. The molecule has 0 saturated carbocycles. The first kappa shape index (κ1) is 17.1. The number of carbonyl (C=O) groups is 2. The van der Waals surface area contributed by atoms with E-state index in [1.807, 2.05) is 30.0 Å². The van der Waals surface area contributed by atoms with E-state index in [4.69, 9.17) is 0 Å². The SMILES string of the molecule is CCC(=O)N1CCCc2cc(NC(=O)Cc3ccc(F)cc3)ccc21. The zero-order valence-electron chi connectivity index (χ0n) is 14.2. The van der Waals surface area contributed by atoms with Gasteiger partial charge in [-0.2, -0.15) is 0 Å². The van der Waals surface area contributed by atoms with Gasteiger partial charge in [-0.25, -0.2) is 4.39 Å². The monoisotopic (exact) mass is 340 g/mol. The summed E-state index contributed by atoms with van der Waals surface area (Å²) in [5, 5.41) is 2.88. The van der Waals surface area contributed by atoms with Crippen LogP contribution in [0.4, 0.5) is 15.8 Å². The summed E-state index contributed by atoms with van der Waals surface area (Å²) in [4.78, 5) is 26.1. The molecule has 0 saturated heterocycles. The van der Waals surface area contributed by atoms with E-state index in [0.717, 1.165) is 41.9 Å². The molecule has 1 aliphatic rings. The van der Waals surface area contributed by atoms with Crippen molar-refractivity contribution < 1.29 is 14.0 Å². The Kier molecular flexibility index (Phi) is 5.12. The van der Waals surface area contributed by atoms with Crippen molar-refractivity contribution in [2.75, 3.05) is 16.8 Å². The highest BCUT2D eigenvalue weighted by Gasteiger charge is 2.21. The maximum absolute atomic E-state index is 12.9. The van der Waals surface area contributed by atoms with E-state index in [2.05, 4.69) is 5.32 Å². The van der Waals surface area contributed by atoms with Crippen LogP contribution in [0.15, 0.2) is 42.5 Å². The normalized spacial score (nSPS) is 13.3. The van der Waals surface area contributed by atoms with Crippen molar-refractivity contribution in [3.8, 4) is 0 Å². The van der Waals surface area contributed by atoms with Gasteiger partial charge in [0.1, 0.15) is 5.82 Å². The number of nitrogens with one attached hydrogen (secondary N) is 1. The molecule has 0 aromatic heterocycles. The maximum Gasteiger partial charge on any atom is 0.228 e. The Hall–Kier alpha value is -2.69.